The second-order valence-corrected chi connectivity index (χ2v) is 5.51. The Morgan fingerprint density at radius 2 is 1.80 bits per heavy atom. The van der Waals surface area contributed by atoms with Crippen LogP contribution in [0.25, 0.3) is 0 Å². The maximum absolute atomic E-state index is 6.12. The molecule has 1 aliphatic heterocycles. The summed E-state index contributed by atoms with van der Waals surface area (Å²) in [6.45, 7) is 7.06. The fraction of sp³-hybridized carbons (Fsp3) is 0.562. The van der Waals surface area contributed by atoms with Crippen LogP contribution in [0, 0.1) is 13.8 Å². The van der Waals surface area contributed by atoms with Gasteiger partial charge < -0.3 is 10.6 Å². The van der Waals surface area contributed by atoms with E-state index in [0.29, 0.717) is 12.5 Å². The van der Waals surface area contributed by atoms with Crippen LogP contribution in [0.15, 0.2) is 23.2 Å². The van der Waals surface area contributed by atoms with E-state index in [1.165, 1.54) is 42.4 Å². The van der Waals surface area contributed by atoms with Crippen molar-refractivity contribution in [2.24, 2.45) is 10.7 Å². The molecule has 0 amide bonds. The van der Waals surface area contributed by atoms with E-state index < -0.39 is 0 Å². The van der Waals surface area contributed by atoms with E-state index in [9.17, 15) is 0 Å². The van der Waals surface area contributed by atoms with Gasteiger partial charge in [-0.3, -0.25) is 0 Å². The number of benzene rings is 1. The third kappa shape index (κ3) is 4.96. The van der Waals surface area contributed by atoms with Gasteiger partial charge in [-0.1, -0.05) is 36.6 Å². The molecule has 0 aromatic heterocycles. The highest BCUT2D eigenvalue weighted by atomic mass is 127. The number of likely N-dealkylation sites (tertiary alicyclic amines) is 1. The Kier molecular flexibility index (Phi) is 7.34. The number of hydrogen-bond acceptors (Lipinski definition) is 1. The zero-order valence-electron chi connectivity index (χ0n) is 12.6. The van der Waals surface area contributed by atoms with Gasteiger partial charge in [0.1, 0.15) is 0 Å². The lowest BCUT2D eigenvalue weighted by Crippen LogP contribution is -2.38. The average Bonchev–Trinajstić information content (AvgIpc) is 2.66. The van der Waals surface area contributed by atoms with Crippen molar-refractivity contribution in [2.75, 3.05) is 13.1 Å². The summed E-state index contributed by atoms with van der Waals surface area (Å²) in [7, 11) is 0. The number of nitrogens with two attached hydrogens (primary N) is 1. The van der Waals surface area contributed by atoms with E-state index in [1.54, 1.807) is 0 Å². The molecule has 0 aliphatic carbocycles. The molecule has 0 bridgehead atoms. The van der Waals surface area contributed by atoms with E-state index in [1.807, 2.05) is 0 Å². The standard InChI is InChI=1S/C16H25N3.HI/c1-13-7-8-15(14(2)11-13)12-18-16(17)19-9-5-3-4-6-10-19;/h7-8,11H,3-6,9-10,12H2,1-2H3,(H2,17,18);1H. The van der Waals surface area contributed by atoms with Gasteiger partial charge in [0.15, 0.2) is 5.96 Å². The van der Waals surface area contributed by atoms with Crippen LogP contribution in [0.4, 0.5) is 0 Å². The minimum atomic E-state index is 0. The van der Waals surface area contributed by atoms with Crippen LogP contribution in [-0.4, -0.2) is 23.9 Å². The van der Waals surface area contributed by atoms with E-state index in [0.717, 1.165) is 13.1 Å². The van der Waals surface area contributed by atoms with Gasteiger partial charge >= 0.3 is 0 Å². The van der Waals surface area contributed by atoms with Gasteiger partial charge in [0, 0.05) is 13.1 Å². The first kappa shape index (κ1) is 17.3. The molecule has 1 fully saturated rings. The van der Waals surface area contributed by atoms with Gasteiger partial charge in [-0.05, 0) is 37.8 Å². The Bertz CT molecular complexity index is 449. The number of hydrogen-bond donors (Lipinski definition) is 1. The number of aliphatic imine (C=N–C) groups is 1. The first-order valence-corrected chi connectivity index (χ1v) is 7.28. The molecule has 0 saturated carbocycles. The van der Waals surface area contributed by atoms with Crippen molar-refractivity contribution < 1.29 is 0 Å². The number of rotatable bonds is 2. The van der Waals surface area contributed by atoms with Crippen LogP contribution in [-0.2, 0) is 6.54 Å². The Balaban J connectivity index is 0.00000200. The smallest absolute Gasteiger partial charge is 0.191 e. The Morgan fingerprint density at radius 1 is 1.15 bits per heavy atom. The Morgan fingerprint density at radius 3 is 2.40 bits per heavy atom. The zero-order valence-corrected chi connectivity index (χ0v) is 14.9. The van der Waals surface area contributed by atoms with E-state index in [4.69, 9.17) is 5.73 Å². The largest absolute Gasteiger partial charge is 0.370 e. The summed E-state index contributed by atoms with van der Waals surface area (Å²) < 4.78 is 0. The van der Waals surface area contributed by atoms with Crippen molar-refractivity contribution in [3.63, 3.8) is 0 Å². The SMILES string of the molecule is Cc1ccc(CN=C(N)N2CCCCCC2)c(C)c1.I. The molecule has 0 atom stereocenters. The summed E-state index contributed by atoms with van der Waals surface area (Å²) in [5, 5.41) is 0. The molecule has 1 heterocycles. The molecule has 1 aromatic carbocycles. The van der Waals surface area contributed by atoms with Crippen LogP contribution in [0.2, 0.25) is 0 Å². The second-order valence-electron chi connectivity index (χ2n) is 5.51. The topological polar surface area (TPSA) is 41.6 Å². The first-order valence-electron chi connectivity index (χ1n) is 7.28. The molecule has 112 valence electrons. The first-order chi connectivity index (χ1) is 9.16. The van der Waals surface area contributed by atoms with Crippen LogP contribution in [0.3, 0.4) is 0 Å². The van der Waals surface area contributed by atoms with Crippen LogP contribution in [0.1, 0.15) is 42.4 Å². The highest BCUT2D eigenvalue weighted by Gasteiger charge is 2.10. The predicted octanol–water partition coefficient (Wildman–Crippen LogP) is 3.61. The van der Waals surface area contributed by atoms with Crippen molar-refractivity contribution in [1.82, 2.24) is 4.90 Å². The molecule has 1 saturated heterocycles. The molecule has 1 aromatic rings. The minimum Gasteiger partial charge on any atom is -0.370 e. The van der Waals surface area contributed by atoms with Crippen molar-refractivity contribution in [3.05, 3.63) is 34.9 Å². The van der Waals surface area contributed by atoms with Gasteiger partial charge in [-0.15, -0.1) is 24.0 Å². The average molecular weight is 387 g/mol. The van der Waals surface area contributed by atoms with Crippen molar-refractivity contribution >= 4 is 29.9 Å². The lowest BCUT2D eigenvalue weighted by Gasteiger charge is -2.21. The summed E-state index contributed by atoms with van der Waals surface area (Å²) in [5.41, 5.74) is 9.98. The lowest BCUT2D eigenvalue weighted by atomic mass is 10.1. The molecule has 0 unspecified atom stereocenters. The van der Waals surface area contributed by atoms with Gasteiger partial charge in [-0.25, -0.2) is 4.99 Å². The summed E-state index contributed by atoms with van der Waals surface area (Å²) >= 11 is 0. The van der Waals surface area contributed by atoms with Crippen molar-refractivity contribution in [3.8, 4) is 0 Å². The van der Waals surface area contributed by atoms with Crippen molar-refractivity contribution in [1.29, 1.82) is 0 Å². The Hall–Kier alpha value is -0.780. The number of nitrogens with zero attached hydrogens (tertiary/aromatic N) is 2. The van der Waals surface area contributed by atoms with Crippen LogP contribution in [0.5, 0.6) is 0 Å². The highest BCUT2D eigenvalue weighted by Crippen LogP contribution is 2.13. The van der Waals surface area contributed by atoms with E-state index in [-0.39, 0.29) is 24.0 Å². The maximum Gasteiger partial charge on any atom is 0.191 e. The number of aryl methyl sites for hydroxylation is 2. The quantitative estimate of drug-likeness (QED) is 0.479. The van der Waals surface area contributed by atoms with Crippen molar-refractivity contribution in [2.45, 2.75) is 46.1 Å². The number of guanidine groups is 1. The van der Waals surface area contributed by atoms with Crippen LogP contribution >= 0.6 is 24.0 Å². The van der Waals surface area contributed by atoms with Gasteiger partial charge in [0.05, 0.1) is 6.54 Å². The molecule has 0 radical (unpaired) electrons. The molecule has 3 nitrogen and oxygen atoms in total. The number of halogens is 1. The third-order valence-electron chi connectivity index (χ3n) is 3.84. The fourth-order valence-electron chi connectivity index (χ4n) is 2.59. The highest BCUT2D eigenvalue weighted by molar-refractivity contribution is 14.0. The molecule has 20 heavy (non-hydrogen) atoms. The normalized spacial score (nSPS) is 16.5. The van der Waals surface area contributed by atoms with Crippen LogP contribution < -0.4 is 5.73 Å². The summed E-state index contributed by atoms with van der Waals surface area (Å²) in [5.74, 6) is 0.710. The zero-order chi connectivity index (χ0) is 13.7. The molecule has 2 rings (SSSR count). The third-order valence-corrected chi connectivity index (χ3v) is 3.84. The molecule has 4 heteroatoms. The molecule has 2 N–H and O–H groups in total. The lowest BCUT2D eigenvalue weighted by molar-refractivity contribution is 0.428. The molecular weight excluding hydrogens is 361 g/mol. The minimum absolute atomic E-state index is 0. The predicted molar refractivity (Wildman–Crippen MR) is 96.7 cm³/mol. The van der Waals surface area contributed by atoms with Gasteiger partial charge in [0.2, 0.25) is 0 Å². The summed E-state index contributed by atoms with van der Waals surface area (Å²) in [4.78, 5) is 6.80. The molecule has 1 aliphatic rings. The summed E-state index contributed by atoms with van der Waals surface area (Å²) in [6.07, 6.45) is 5.11. The van der Waals surface area contributed by atoms with E-state index in [2.05, 4.69) is 41.9 Å². The monoisotopic (exact) mass is 387 g/mol. The molecular formula is C16H26IN3. The summed E-state index contributed by atoms with van der Waals surface area (Å²) in [6, 6.07) is 6.50. The fourth-order valence-corrected chi connectivity index (χ4v) is 2.59. The Labute approximate surface area is 139 Å². The van der Waals surface area contributed by atoms with E-state index >= 15 is 0 Å². The van der Waals surface area contributed by atoms with Gasteiger partial charge in [-0.2, -0.15) is 0 Å². The maximum atomic E-state index is 6.12. The van der Waals surface area contributed by atoms with Gasteiger partial charge in [0.25, 0.3) is 0 Å². The molecule has 0 spiro atoms. The second kappa shape index (κ2) is 8.49.